The summed E-state index contributed by atoms with van der Waals surface area (Å²) in [5.41, 5.74) is 1.16. The van der Waals surface area contributed by atoms with Crippen LogP contribution in [0.3, 0.4) is 0 Å². The van der Waals surface area contributed by atoms with Crippen LogP contribution >= 0.6 is 0 Å². The Labute approximate surface area is 171 Å². The molecule has 0 radical (unpaired) electrons. The highest BCUT2D eigenvalue weighted by molar-refractivity contribution is 5.89. The fourth-order valence-corrected chi connectivity index (χ4v) is 4.33. The number of hydrogen-bond acceptors (Lipinski definition) is 4. The first-order chi connectivity index (χ1) is 14.1. The number of carbonyl (C=O) groups excluding carboxylic acids is 2. The van der Waals surface area contributed by atoms with E-state index in [4.69, 9.17) is 4.74 Å². The summed E-state index contributed by atoms with van der Waals surface area (Å²) in [7, 11) is 1.85. The van der Waals surface area contributed by atoms with E-state index in [1.807, 2.05) is 24.1 Å². The molecule has 0 saturated carbocycles. The number of rotatable bonds is 5. The van der Waals surface area contributed by atoms with E-state index in [-0.39, 0.29) is 24.3 Å². The van der Waals surface area contributed by atoms with Crippen molar-refractivity contribution in [2.75, 3.05) is 33.4 Å². The fourth-order valence-electron chi connectivity index (χ4n) is 4.33. The van der Waals surface area contributed by atoms with Gasteiger partial charge in [-0.2, -0.15) is 0 Å². The number of ether oxygens (including phenoxy) is 1. The quantitative estimate of drug-likeness (QED) is 0.843. The molecule has 2 saturated heterocycles. The molecule has 2 aliphatic heterocycles. The lowest BCUT2D eigenvalue weighted by Crippen LogP contribution is -2.56. The Bertz CT molecular complexity index is 879. The standard InChI is InChI=1S/C23H29N3O3/c1-25(20-8-12-29-13-9-20)22(27)15-21-23(28)24-10-11-26(21)16-17-6-7-18-4-2-3-5-19(18)14-17/h2-7,14,20-21H,8-13,15-16H2,1H3,(H,24,28)/t21-/m0/s1. The van der Waals surface area contributed by atoms with Crippen molar-refractivity contribution in [3.05, 3.63) is 48.0 Å². The Morgan fingerprint density at radius 1 is 1.17 bits per heavy atom. The predicted molar refractivity (Wildman–Crippen MR) is 112 cm³/mol. The van der Waals surface area contributed by atoms with Crippen LogP contribution in [0, 0.1) is 0 Å². The maximum Gasteiger partial charge on any atom is 0.237 e. The second kappa shape index (κ2) is 8.93. The van der Waals surface area contributed by atoms with Crippen molar-refractivity contribution in [2.45, 2.75) is 37.9 Å². The number of fused-ring (bicyclic) bond motifs is 1. The molecule has 154 valence electrons. The third-order valence-corrected chi connectivity index (χ3v) is 6.14. The van der Waals surface area contributed by atoms with Crippen LogP contribution in [0.5, 0.6) is 0 Å². The van der Waals surface area contributed by atoms with E-state index in [0.29, 0.717) is 26.3 Å². The van der Waals surface area contributed by atoms with E-state index < -0.39 is 6.04 Å². The molecule has 4 rings (SSSR count). The zero-order valence-electron chi connectivity index (χ0n) is 17.0. The third kappa shape index (κ3) is 4.60. The van der Waals surface area contributed by atoms with Gasteiger partial charge in [-0.25, -0.2) is 0 Å². The predicted octanol–water partition coefficient (Wildman–Crippen LogP) is 2.17. The molecule has 0 aliphatic carbocycles. The van der Waals surface area contributed by atoms with Gasteiger partial charge < -0.3 is 15.0 Å². The molecule has 0 unspecified atom stereocenters. The molecule has 2 aromatic rings. The first-order valence-corrected chi connectivity index (χ1v) is 10.4. The highest BCUT2D eigenvalue weighted by atomic mass is 16.5. The summed E-state index contributed by atoms with van der Waals surface area (Å²) in [6, 6.07) is 14.5. The SMILES string of the molecule is CN(C(=O)C[C@H]1C(=O)NCCN1Cc1ccc2ccccc2c1)C1CCOCC1. The second-order valence-corrected chi connectivity index (χ2v) is 8.01. The molecule has 6 heteroatoms. The minimum absolute atomic E-state index is 0.0301. The number of carbonyl (C=O) groups is 2. The fraction of sp³-hybridized carbons (Fsp3) is 0.478. The summed E-state index contributed by atoms with van der Waals surface area (Å²) >= 11 is 0. The molecule has 2 aromatic carbocycles. The summed E-state index contributed by atoms with van der Waals surface area (Å²) < 4.78 is 5.40. The van der Waals surface area contributed by atoms with Crippen molar-refractivity contribution >= 4 is 22.6 Å². The van der Waals surface area contributed by atoms with Gasteiger partial charge in [0, 0.05) is 45.9 Å². The number of piperazine rings is 1. The molecular formula is C23H29N3O3. The Kier molecular flexibility index (Phi) is 6.11. The number of hydrogen-bond donors (Lipinski definition) is 1. The van der Waals surface area contributed by atoms with Gasteiger partial charge in [0.15, 0.2) is 0 Å². The minimum Gasteiger partial charge on any atom is -0.381 e. The lowest BCUT2D eigenvalue weighted by atomic mass is 10.0. The average Bonchev–Trinajstić information content (AvgIpc) is 2.76. The molecule has 2 heterocycles. The van der Waals surface area contributed by atoms with Crippen LogP contribution in [0.1, 0.15) is 24.8 Å². The summed E-state index contributed by atoms with van der Waals surface area (Å²) in [6.45, 7) is 3.42. The Balaban J connectivity index is 1.46. The Morgan fingerprint density at radius 3 is 2.72 bits per heavy atom. The number of nitrogens with one attached hydrogen (secondary N) is 1. The van der Waals surface area contributed by atoms with Crippen molar-refractivity contribution < 1.29 is 14.3 Å². The molecule has 0 bridgehead atoms. The van der Waals surface area contributed by atoms with E-state index in [1.165, 1.54) is 10.8 Å². The van der Waals surface area contributed by atoms with E-state index >= 15 is 0 Å². The van der Waals surface area contributed by atoms with Crippen molar-refractivity contribution in [1.29, 1.82) is 0 Å². The van der Waals surface area contributed by atoms with Gasteiger partial charge in [-0.15, -0.1) is 0 Å². The summed E-state index contributed by atoms with van der Waals surface area (Å²) in [5, 5.41) is 5.33. The largest absolute Gasteiger partial charge is 0.381 e. The van der Waals surface area contributed by atoms with Crippen LogP contribution in [0.25, 0.3) is 10.8 Å². The molecule has 0 spiro atoms. The van der Waals surface area contributed by atoms with E-state index in [9.17, 15) is 9.59 Å². The maximum absolute atomic E-state index is 12.9. The normalized spacial score (nSPS) is 21.1. The van der Waals surface area contributed by atoms with Gasteiger partial charge in [0.2, 0.25) is 11.8 Å². The number of amides is 2. The monoisotopic (exact) mass is 395 g/mol. The zero-order valence-corrected chi connectivity index (χ0v) is 17.0. The van der Waals surface area contributed by atoms with Crippen molar-refractivity contribution in [3.8, 4) is 0 Å². The van der Waals surface area contributed by atoms with Crippen LogP contribution in [0.4, 0.5) is 0 Å². The van der Waals surface area contributed by atoms with Crippen LogP contribution in [-0.4, -0.2) is 67.0 Å². The molecular weight excluding hydrogens is 366 g/mol. The topological polar surface area (TPSA) is 61.9 Å². The molecule has 1 atom stereocenters. The van der Waals surface area contributed by atoms with Crippen molar-refractivity contribution in [2.24, 2.45) is 0 Å². The van der Waals surface area contributed by atoms with Crippen LogP contribution in [-0.2, 0) is 20.9 Å². The first-order valence-electron chi connectivity index (χ1n) is 10.4. The minimum atomic E-state index is -0.426. The van der Waals surface area contributed by atoms with Gasteiger partial charge in [0.25, 0.3) is 0 Å². The smallest absolute Gasteiger partial charge is 0.237 e. The van der Waals surface area contributed by atoms with Crippen LogP contribution < -0.4 is 5.32 Å². The lowest BCUT2D eigenvalue weighted by molar-refractivity contribution is -0.140. The van der Waals surface area contributed by atoms with Crippen LogP contribution in [0.2, 0.25) is 0 Å². The highest BCUT2D eigenvalue weighted by Gasteiger charge is 2.33. The van der Waals surface area contributed by atoms with Gasteiger partial charge in [-0.1, -0.05) is 36.4 Å². The van der Waals surface area contributed by atoms with E-state index in [2.05, 4.69) is 40.5 Å². The lowest BCUT2D eigenvalue weighted by Gasteiger charge is -2.37. The molecule has 2 aliphatic rings. The molecule has 6 nitrogen and oxygen atoms in total. The third-order valence-electron chi connectivity index (χ3n) is 6.14. The van der Waals surface area contributed by atoms with Gasteiger partial charge in [-0.3, -0.25) is 14.5 Å². The highest BCUT2D eigenvalue weighted by Crippen LogP contribution is 2.21. The Morgan fingerprint density at radius 2 is 1.93 bits per heavy atom. The number of nitrogens with zero attached hydrogens (tertiary/aromatic N) is 2. The summed E-state index contributed by atoms with van der Waals surface area (Å²) in [6.07, 6.45) is 1.94. The first kappa shape index (κ1) is 19.9. The van der Waals surface area contributed by atoms with Gasteiger partial charge in [-0.05, 0) is 35.2 Å². The maximum atomic E-state index is 12.9. The van der Waals surface area contributed by atoms with Crippen LogP contribution in [0.15, 0.2) is 42.5 Å². The van der Waals surface area contributed by atoms with E-state index in [0.717, 1.165) is 24.9 Å². The average molecular weight is 396 g/mol. The van der Waals surface area contributed by atoms with Crippen molar-refractivity contribution in [3.63, 3.8) is 0 Å². The second-order valence-electron chi connectivity index (χ2n) is 8.01. The molecule has 0 aromatic heterocycles. The van der Waals surface area contributed by atoms with Gasteiger partial charge >= 0.3 is 0 Å². The van der Waals surface area contributed by atoms with Gasteiger partial charge in [0.05, 0.1) is 12.5 Å². The molecule has 29 heavy (non-hydrogen) atoms. The summed E-state index contributed by atoms with van der Waals surface area (Å²) in [5.74, 6) is -0.0202. The van der Waals surface area contributed by atoms with E-state index in [1.54, 1.807) is 0 Å². The molecule has 1 N–H and O–H groups in total. The zero-order chi connectivity index (χ0) is 20.2. The molecule has 2 fully saturated rings. The van der Waals surface area contributed by atoms with Crippen molar-refractivity contribution in [1.82, 2.24) is 15.1 Å². The Hall–Kier alpha value is -2.44. The molecule has 2 amide bonds. The van der Waals surface area contributed by atoms with Gasteiger partial charge in [0.1, 0.15) is 0 Å². The summed E-state index contributed by atoms with van der Waals surface area (Å²) in [4.78, 5) is 29.5. The number of benzene rings is 2.